The Kier molecular flexibility index (Phi) is 46.7. The van der Waals surface area contributed by atoms with Gasteiger partial charge in [-0.3, -0.25) is 0 Å². The molecule has 0 aliphatic carbocycles. The maximum absolute atomic E-state index is 2.38. The van der Waals surface area contributed by atoms with Crippen molar-refractivity contribution >= 4 is 0 Å². The Morgan fingerprint density at radius 2 is 0.291 bits per heavy atom. The van der Waals surface area contributed by atoms with E-state index in [4.69, 9.17) is 0 Å². The quantitative estimate of drug-likeness (QED) is 0.0540. The van der Waals surface area contributed by atoms with Crippen LogP contribution in [0.25, 0.3) is 0 Å². The molecule has 0 nitrogen and oxygen atoms in total. The van der Waals surface area contributed by atoms with E-state index in [2.05, 4.69) is 41.5 Å². The summed E-state index contributed by atoms with van der Waals surface area (Å²) < 4.78 is 0. The summed E-state index contributed by atoms with van der Waals surface area (Å²) in [6, 6.07) is 0. The molecule has 0 amide bonds. The zero-order valence-electron chi connectivity index (χ0n) is 40.1. The molecule has 0 aromatic heterocycles. The second kappa shape index (κ2) is 46.7. The van der Waals surface area contributed by atoms with Crippen LogP contribution in [0.4, 0.5) is 0 Å². The highest BCUT2D eigenvalue weighted by molar-refractivity contribution is 4.84. The van der Waals surface area contributed by atoms with Crippen molar-refractivity contribution in [2.24, 2.45) is 23.7 Å². The summed E-state index contributed by atoms with van der Waals surface area (Å²) in [6.07, 6.45) is 66.6. The molecule has 0 heteroatoms. The van der Waals surface area contributed by atoms with Crippen molar-refractivity contribution in [2.75, 3.05) is 0 Å². The van der Waals surface area contributed by atoms with Gasteiger partial charge in [0, 0.05) is 0 Å². The fraction of sp³-hybridized carbons (Fsp3) is 1.00. The van der Waals surface area contributed by atoms with Gasteiger partial charge in [-0.05, 0) is 23.7 Å². The first-order valence-electron chi connectivity index (χ1n) is 27.2. The maximum atomic E-state index is 2.38. The van der Waals surface area contributed by atoms with E-state index in [1.54, 1.807) is 38.5 Å². The van der Waals surface area contributed by atoms with Gasteiger partial charge in [-0.2, -0.15) is 0 Å². The fourth-order valence-corrected chi connectivity index (χ4v) is 10.4. The molecule has 0 fully saturated rings. The molecule has 3 atom stereocenters. The van der Waals surface area contributed by atoms with Gasteiger partial charge in [0.15, 0.2) is 0 Å². The third kappa shape index (κ3) is 36.8. The largest absolute Gasteiger partial charge is 0.0654 e. The van der Waals surface area contributed by atoms with Crippen molar-refractivity contribution in [3.05, 3.63) is 0 Å². The van der Waals surface area contributed by atoms with Gasteiger partial charge in [0.2, 0.25) is 0 Å². The molecule has 0 aromatic carbocycles. The second-order valence-electron chi connectivity index (χ2n) is 19.3. The summed E-state index contributed by atoms with van der Waals surface area (Å²) in [7, 11) is 0. The van der Waals surface area contributed by atoms with Gasteiger partial charge in [0.25, 0.3) is 0 Å². The molecule has 0 saturated carbocycles. The Bertz CT molecular complexity index is 575. The molecular formula is C55H112. The minimum atomic E-state index is 0.992. The fourth-order valence-electron chi connectivity index (χ4n) is 10.4. The Balaban J connectivity index is 6.36. The Morgan fingerprint density at radius 3 is 0.436 bits per heavy atom. The molecule has 0 aromatic rings. The van der Waals surface area contributed by atoms with Gasteiger partial charge >= 0.3 is 0 Å². The Hall–Kier alpha value is 0. The van der Waals surface area contributed by atoms with E-state index >= 15 is 0 Å². The first-order valence-corrected chi connectivity index (χ1v) is 27.2. The molecule has 0 radical (unpaired) electrons. The highest BCUT2D eigenvalue weighted by atomic mass is 14.4. The van der Waals surface area contributed by atoms with Crippen LogP contribution >= 0.6 is 0 Å². The zero-order valence-corrected chi connectivity index (χ0v) is 40.1. The first-order chi connectivity index (χ1) is 27.2. The minimum absolute atomic E-state index is 0.992. The summed E-state index contributed by atoms with van der Waals surface area (Å²) in [5, 5.41) is 0. The molecular weight excluding hydrogens is 661 g/mol. The van der Waals surface area contributed by atoms with Gasteiger partial charge < -0.3 is 0 Å². The summed E-state index contributed by atoms with van der Waals surface area (Å²) in [5.74, 6) is 3.98. The van der Waals surface area contributed by atoms with Crippen molar-refractivity contribution < 1.29 is 0 Å². The molecule has 0 aliphatic heterocycles. The number of rotatable bonds is 48. The van der Waals surface area contributed by atoms with Crippen LogP contribution in [-0.4, -0.2) is 0 Å². The zero-order chi connectivity index (χ0) is 40.1. The minimum Gasteiger partial charge on any atom is -0.0654 e. The lowest BCUT2D eigenvalue weighted by Crippen LogP contribution is -2.32. The van der Waals surface area contributed by atoms with E-state index in [9.17, 15) is 0 Å². The van der Waals surface area contributed by atoms with Crippen LogP contribution in [-0.2, 0) is 0 Å². The lowest BCUT2D eigenvalue weighted by atomic mass is 9.64. The van der Waals surface area contributed by atoms with Crippen LogP contribution in [0.2, 0.25) is 0 Å². The number of unbranched alkanes of at least 4 members (excludes halogenated alkanes) is 33. The van der Waals surface area contributed by atoms with Crippen molar-refractivity contribution in [3.63, 3.8) is 0 Å². The topological polar surface area (TPSA) is 0 Å². The molecule has 332 valence electrons. The van der Waals surface area contributed by atoms with Crippen LogP contribution in [0.5, 0.6) is 0 Å². The molecule has 55 heavy (non-hydrogen) atoms. The van der Waals surface area contributed by atoms with Crippen molar-refractivity contribution in [1.82, 2.24) is 0 Å². The molecule has 0 N–H and O–H groups in total. The van der Waals surface area contributed by atoms with Gasteiger partial charge in [0.1, 0.15) is 0 Å². The highest BCUT2D eigenvalue weighted by Gasteiger charge is 2.34. The normalized spacial score (nSPS) is 14.1. The molecule has 0 saturated heterocycles. The highest BCUT2D eigenvalue weighted by Crippen LogP contribution is 2.44. The van der Waals surface area contributed by atoms with E-state index in [-0.39, 0.29) is 0 Å². The van der Waals surface area contributed by atoms with Crippen LogP contribution in [0.1, 0.15) is 330 Å². The Morgan fingerprint density at radius 1 is 0.164 bits per heavy atom. The van der Waals surface area contributed by atoms with E-state index in [1.807, 2.05) is 0 Å². The van der Waals surface area contributed by atoms with Gasteiger partial charge in [-0.1, -0.05) is 330 Å². The van der Waals surface area contributed by atoms with Gasteiger partial charge in [0.05, 0.1) is 0 Å². The first kappa shape index (κ1) is 55.0. The number of hydrogen-bond donors (Lipinski definition) is 0. The molecule has 0 aliphatic rings. The lowest BCUT2D eigenvalue weighted by molar-refractivity contribution is 0.0912. The summed E-state index contributed by atoms with van der Waals surface area (Å²) in [6.45, 7) is 14.3. The molecule has 3 unspecified atom stereocenters. The van der Waals surface area contributed by atoms with E-state index < -0.39 is 0 Å². The van der Waals surface area contributed by atoms with Crippen molar-refractivity contribution in [2.45, 2.75) is 330 Å². The third-order valence-corrected chi connectivity index (χ3v) is 14.0. The van der Waals surface area contributed by atoms with Gasteiger partial charge in [-0.25, -0.2) is 0 Å². The summed E-state index contributed by atoms with van der Waals surface area (Å²) in [5.41, 5.74) is 0. The average molecular weight is 774 g/mol. The lowest BCUT2D eigenvalue weighted by Gasteiger charge is -2.41. The molecule has 0 spiro atoms. The van der Waals surface area contributed by atoms with Crippen molar-refractivity contribution in [1.29, 1.82) is 0 Å². The maximum Gasteiger partial charge on any atom is -0.0329 e. The second-order valence-corrected chi connectivity index (χ2v) is 19.3. The van der Waals surface area contributed by atoms with Crippen LogP contribution in [0, 0.1) is 23.7 Å². The predicted octanol–water partition coefficient (Wildman–Crippen LogP) is 21.1. The van der Waals surface area contributed by atoms with Crippen LogP contribution in [0.3, 0.4) is 0 Å². The SMILES string of the molecule is CCCCCCCCCC(CCCCCCCC)C(C(CCCCCCCC)CCCCCCCCC)C(CCCCCCCC)CCCCCCCCC. The predicted molar refractivity (Wildman–Crippen MR) is 256 cm³/mol. The molecule has 0 rings (SSSR count). The van der Waals surface area contributed by atoms with E-state index in [0.29, 0.717) is 0 Å². The molecule has 0 heterocycles. The van der Waals surface area contributed by atoms with Gasteiger partial charge in [-0.15, -0.1) is 0 Å². The van der Waals surface area contributed by atoms with Crippen molar-refractivity contribution in [3.8, 4) is 0 Å². The monoisotopic (exact) mass is 773 g/mol. The smallest absolute Gasteiger partial charge is 0.0329 e. The van der Waals surface area contributed by atoms with E-state index in [1.165, 1.54) is 250 Å². The Labute approximate surface area is 352 Å². The average Bonchev–Trinajstić information content (AvgIpc) is 3.19. The standard InChI is InChI=1S/C55H112/c1-7-13-19-25-31-37-43-49-52(46-40-34-28-22-16-10-4)55(53(47-41-35-29-23-17-11-5)50-44-38-32-26-20-14-8-2)54(48-42-36-30-24-18-12-6)51-45-39-33-27-21-15-9-3/h52-55H,7-51H2,1-6H3. The third-order valence-electron chi connectivity index (χ3n) is 14.0. The summed E-state index contributed by atoms with van der Waals surface area (Å²) in [4.78, 5) is 0. The summed E-state index contributed by atoms with van der Waals surface area (Å²) >= 11 is 0. The van der Waals surface area contributed by atoms with Crippen LogP contribution in [0.15, 0.2) is 0 Å². The van der Waals surface area contributed by atoms with Crippen LogP contribution < -0.4 is 0 Å². The number of hydrogen-bond acceptors (Lipinski definition) is 0. The molecule has 0 bridgehead atoms. The van der Waals surface area contributed by atoms with E-state index in [0.717, 1.165) is 23.7 Å².